The highest BCUT2D eigenvalue weighted by Gasteiger charge is 2.44. The Morgan fingerprint density at radius 2 is 1.03 bits per heavy atom. The standard InChI is InChI=1S/C20H26O14/c21-11-9(33-19(29)15(25)13(11)23)5-31-17(27)7-2-1-3-8(4-7)18(28)32-6-10-12(22)14(24)16(26)20(30)34-10/h1-4,9-16,19-26,29-30H,5-6H2/t9-,10-,11-,12-,13+,14+,15-,16-,19+,20+/m1/s1. The Bertz CT molecular complexity index is 798. The first-order valence-corrected chi connectivity index (χ1v) is 10.2. The van der Waals surface area contributed by atoms with Gasteiger partial charge in [0.05, 0.1) is 11.1 Å². The van der Waals surface area contributed by atoms with Crippen LogP contribution in [0.2, 0.25) is 0 Å². The predicted molar refractivity (Wildman–Crippen MR) is 105 cm³/mol. The maximum absolute atomic E-state index is 12.3. The van der Waals surface area contributed by atoms with Crippen molar-refractivity contribution >= 4 is 11.9 Å². The summed E-state index contributed by atoms with van der Waals surface area (Å²) in [7, 11) is 0. The summed E-state index contributed by atoms with van der Waals surface area (Å²) >= 11 is 0. The smallest absolute Gasteiger partial charge is 0.338 e. The van der Waals surface area contributed by atoms with Gasteiger partial charge in [0, 0.05) is 0 Å². The summed E-state index contributed by atoms with van der Waals surface area (Å²) in [5.41, 5.74) is -0.187. The second-order valence-corrected chi connectivity index (χ2v) is 7.85. The molecule has 2 aliphatic heterocycles. The first-order valence-electron chi connectivity index (χ1n) is 10.2. The lowest BCUT2D eigenvalue weighted by atomic mass is 9.99. The van der Waals surface area contributed by atoms with E-state index in [0.717, 1.165) is 6.07 Å². The van der Waals surface area contributed by atoms with Crippen molar-refractivity contribution in [2.24, 2.45) is 0 Å². The van der Waals surface area contributed by atoms with Crippen molar-refractivity contribution < 1.29 is 69.4 Å². The average Bonchev–Trinajstić information content (AvgIpc) is 2.83. The Kier molecular flexibility index (Phi) is 8.53. The maximum Gasteiger partial charge on any atom is 0.338 e. The van der Waals surface area contributed by atoms with Crippen molar-refractivity contribution in [3.8, 4) is 0 Å². The van der Waals surface area contributed by atoms with Gasteiger partial charge in [-0.05, 0) is 18.2 Å². The summed E-state index contributed by atoms with van der Waals surface area (Å²) in [5.74, 6) is -1.88. The minimum Gasteiger partial charge on any atom is -0.459 e. The minimum absolute atomic E-state index is 0.0937. The number of aliphatic hydroxyl groups excluding tert-OH is 8. The molecule has 2 fully saturated rings. The van der Waals surface area contributed by atoms with Gasteiger partial charge in [-0.2, -0.15) is 0 Å². The van der Waals surface area contributed by atoms with Crippen molar-refractivity contribution in [2.75, 3.05) is 13.2 Å². The van der Waals surface area contributed by atoms with E-state index in [-0.39, 0.29) is 11.1 Å². The zero-order chi connectivity index (χ0) is 25.2. The molecular formula is C20H26O14. The van der Waals surface area contributed by atoms with Crippen LogP contribution in [-0.2, 0) is 18.9 Å². The molecule has 8 N–H and O–H groups in total. The first kappa shape index (κ1) is 26.4. The highest BCUT2D eigenvalue weighted by atomic mass is 16.7. The van der Waals surface area contributed by atoms with Crippen LogP contribution in [-0.4, -0.2) is 127 Å². The van der Waals surface area contributed by atoms with Gasteiger partial charge in [-0.25, -0.2) is 9.59 Å². The van der Waals surface area contributed by atoms with E-state index in [1.807, 2.05) is 0 Å². The van der Waals surface area contributed by atoms with Crippen molar-refractivity contribution in [3.63, 3.8) is 0 Å². The Balaban J connectivity index is 1.55. The minimum atomic E-state index is -1.79. The van der Waals surface area contributed by atoms with Crippen LogP contribution in [0.25, 0.3) is 0 Å². The quantitative estimate of drug-likeness (QED) is 0.176. The van der Waals surface area contributed by atoms with E-state index in [2.05, 4.69) is 0 Å². The molecule has 190 valence electrons. The largest absolute Gasteiger partial charge is 0.459 e. The third-order valence-electron chi connectivity index (χ3n) is 5.47. The highest BCUT2D eigenvalue weighted by molar-refractivity contribution is 5.95. The second kappa shape index (κ2) is 11.0. The van der Waals surface area contributed by atoms with Crippen LogP contribution < -0.4 is 0 Å². The predicted octanol–water partition coefficient (Wildman–Crippen LogP) is -4.40. The lowest BCUT2D eigenvalue weighted by Crippen LogP contribution is -2.58. The van der Waals surface area contributed by atoms with Crippen LogP contribution >= 0.6 is 0 Å². The average molecular weight is 490 g/mol. The Hall–Kier alpha value is -2.24. The van der Waals surface area contributed by atoms with Crippen molar-refractivity contribution in [1.29, 1.82) is 0 Å². The Labute approximate surface area is 192 Å². The van der Waals surface area contributed by atoms with Crippen molar-refractivity contribution in [2.45, 2.75) is 61.4 Å². The van der Waals surface area contributed by atoms with E-state index in [1.165, 1.54) is 18.2 Å². The first-order chi connectivity index (χ1) is 16.0. The molecule has 0 saturated carbocycles. The molecule has 10 atom stereocenters. The normalized spacial score (nSPS) is 38.2. The van der Waals surface area contributed by atoms with E-state index in [1.54, 1.807) is 0 Å². The third kappa shape index (κ3) is 5.69. The number of hydrogen-bond acceptors (Lipinski definition) is 14. The molecule has 0 radical (unpaired) electrons. The summed E-state index contributed by atoms with van der Waals surface area (Å²) in [6.45, 7) is -1.16. The van der Waals surface area contributed by atoms with E-state index in [0.29, 0.717) is 0 Å². The Morgan fingerprint density at radius 3 is 1.41 bits per heavy atom. The monoisotopic (exact) mass is 490 g/mol. The van der Waals surface area contributed by atoms with Gasteiger partial charge in [-0.15, -0.1) is 0 Å². The molecule has 0 spiro atoms. The summed E-state index contributed by atoms with van der Waals surface area (Å²) in [5, 5.41) is 77.1. The molecule has 2 saturated heterocycles. The van der Waals surface area contributed by atoms with Gasteiger partial charge >= 0.3 is 11.9 Å². The van der Waals surface area contributed by atoms with E-state index in [4.69, 9.17) is 18.9 Å². The van der Waals surface area contributed by atoms with Crippen LogP contribution in [0.3, 0.4) is 0 Å². The molecule has 3 rings (SSSR count). The highest BCUT2D eigenvalue weighted by Crippen LogP contribution is 2.22. The number of benzene rings is 1. The number of ether oxygens (including phenoxy) is 4. The van der Waals surface area contributed by atoms with E-state index < -0.39 is 86.6 Å². The fourth-order valence-corrected chi connectivity index (χ4v) is 3.39. The zero-order valence-corrected chi connectivity index (χ0v) is 17.5. The van der Waals surface area contributed by atoms with E-state index >= 15 is 0 Å². The van der Waals surface area contributed by atoms with Gasteiger partial charge in [0.2, 0.25) is 0 Å². The number of carbonyl (C=O) groups is 2. The second-order valence-electron chi connectivity index (χ2n) is 7.85. The van der Waals surface area contributed by atoms with Gasteiger partial charge in [0.15, 0.2) is 12.6 Å². The molecule has 1 aromatic rings. The molecule has 0 bridgehead atoms. The topological polar surface area (TPSA) is 233 Å². The molecule has 0 amide bonds. The molecule has 0 aliphatic carbocycles. The molecule has 34 heavy (non-hydrogen) atoms. The Morgan fingerprint density at radius 1 is 0.647 bits per heavy atom. The van der Waals surface area contributed by atoms with Gasteiger partial charge < -0.3 is 59.8 Å². The summed E-state index contributed by atoms with van der Waals surface area (Å²) in [4.78, 5) is 24.7. The van der Waals surface area contributed by atoms with Crippen LogP contribution in [0.5, 0.6) is 0 Å². The van der Waals surface area contributed by atoms with Gasteiger partial charge in [-0.1, -0.05) is 6.07 Å². The number of hydrogen-bond donors (Lipinski definition) is 8. The van der Waals surface area contributed by atoms with Crippen LogP contribution in [0, 0.1) is 0 Å². The molecule has 14 nitrogen and oxygen atoms in total. The molecule has 2 heterocycles. The van der Waals surface area contributed by atoms with Crippen LogP contribution in [0.4, 0.5) is 0 Å². The lowest BCUT2D eigenvalue weighted by molar-refractivity contribution is -0.286. The van der Waals surface area contributed by atoms with Crippen molar-refractivity contribution in [1.82, 2.24) is 0 Å². The molecular weight excluding hydrogens is 464 g/mol. The molecule has 2 aliphatic rings. The fraction of sp³-hybridized carbons (Fsp3) is 0.600. The summed E-state index contributed by atoms with van der Waals surface area (Å²) < 4.78 is 19.8. The van der Waals surface area contributed by atoms with Gasteiger partial charge in [0.1, 0.15) is 62.0 Å². The molecule has 0 aromatic heterocycles. The zero-order valence-electron chi connectivity index (χ0n) is 17.5. The summed E-state index contributed by atoms with van der Waals surface area (Å²) in [6, 6.07) is 5.10. The molecule has 0 unspecified atom stereocenters. The fourth-order valence-electron chi connectivity index (χ4n) is 3.39. The summed E-state index contributed by atoms with van der Waals surface area (Å²) in [6.07, 6.45) is -16.4. The van der Waals surface area contributed by atoms with Crippen LogP contribution in [0.1, 0.15) is 20.7 Å². The number of rotatable bonds is 6. The molecule has 1 aromatic carbocycles. The lowest BCUT2D eigenvalue weighted by Gasteiger charge is -2.37. The van der Waals surface area contributed by atoms with Crippen LogP contribution in [0.15, 0.2) is 24.3 Å². The maximum atomic E-state index is 12.3. The van der Waals surface area contributed by atoms with Gasteiger partial charge in [-0.3, -0.25) is 0 Å². The van der Waals surface area contributed by atoms with E-state index in [9.17, 15) is 50.4 Å². The number of esters is 2. The van der Waals surface area contributed by atoms with Crippen molar-refractivity contribution in [3.05, 3.63) is 35.4 Å². The number of aliphatic hydroxyl groups is 8. The third-order valence-corrected chi connectivity index (χ3v) is 5.47. The number of carbonyl (C=O) groups excluding carboxylic acids is 2. The van der Waals surface area contributed by atoms with Gasteiger partial charge in [0.25, 0.3) is 0 Å². The SMILES string of the molecule is O=C(OC[C@H]1O[C@H](O)[C@H](O)[C@@H](O)[C@@H]1O)c1cccc(C(=O)OC[C@H]2O[C@H](O)[C@H](O)[C@@H](O)[C@@H]2O)c1. The molecule has 14 heteroatoms.